The molecule has 1 aromatic carbocycles. The van der Waals surface area contributed by atoms with Crippen molar-refractivity contribution < 1.29 is 19.1 Å². The van der Waals surface area contributed by atoms with Crippen molar-refractivity contribution in [3.63, 3.8) is 0 Å². The Labute approximate surface area is 154 Å². The molecule has 0 aliphatic rings. The van der Waals surface area contributed by atoms with Crippen molar-refractivity contribution in [1.82, 2.24) is 4.98 Å². The predicted molar refractivity (Wildman–Crippen MR) is 101 cm³/mol. The van der Waals surface area contributed by atoms with Gasteiger partial charge in [0.15, 0.2) is 6.61 Å². The Morgan fingerprint density at radius 1 is 1.00 bits per heavy atom. The van der Waals surface area contributed by atoms with E-state index in [-0.39, 0.29) is 24.4 Å². The lowest BCUT2D eigenvalue weighted by Crippen LogP contribution is -2.17. The maximum atomic E-state index is 12.7. The van der Waals surface area contributed by atoms with Gasteiger partial charge in [0.1, 0.15) is 5.75 Å². The highest BCUT2D eigenvalue weighted by Gasteiger charge is 2.25. The molecule has 2 aromatic rings. The Balaban J connectivity index is 2.15. The van der Waals surface area contributed by atoms with E-state index in [1.54, 1.807) is 20.8 Å². The maximum Gasteiger partial charge on any atom is 0.340 e. The van der Waals surface area contributed by atoms with Crippen molar-refractivity contribution >= 4 is 11.8 Å². The van der Waals surface area contributed by atoms with E-state index in [2.05, 4.69) is 25.8 Å². The Morgan fingerprint density at radius 2 is 1.58 bits per heavy atom. The molecule has 2 rings (SSSR count). The van der Waals surface area contributed by atoms with Gasteiger partial charge in [0, 0.05) is 11.4 Å². The van der Waals surface area contributed by atoms with E-state index in [0.717, 1.165) is 0 Å². The van der Waals surface area contributed by atoms with Crippen LogP contribution in [0.15, 0.2) is 24.3 Å². The number of aryl methyl sites for hydroxylation is 2. The Hall–Kier alpha value is -2.56. The molecule has 0 atom stereocenters. The van der Waals surface area contributed by atoms with Crippen LogP contribution in [-0.4, -0.2) is 30.0 Å². The second kappa shape index (κ2) is 7.77. The summed E-state index contributed by atoms with van der Waals surface area (Å²) >= 11 is 0. The highest BCUT2D eigenvalue weighted by atomic mass is 16.5. The molecule has 0 amide bonds. The summed E-state index contributed by atoms with van der Waals surface area (Å²) in [7, 11) is 0. The largest absolute Gasteiger partial charge is 0.485 e. The Bertz CT molecular complexity index is 795. The van der Waals surface area contributed by atoms with Gasteiger partial charge in [-0.25, -0.2) is 4.79 Å². The lowest BCUT2D eigenvalue weighted by molar-refractivity contribution is 0.0522. The molecule has 0 aliphatic carbocycles. The molecule has 1 heterocycles. The molecule has 0 saturated heterocycles. The van der Waals surface area contributed by atoms with E-state index in [1.807, 2.05) is 24.3 Å². The van der Waals surface area contributed by atoms with Gasteiger partial charge in [-0.1, -0.05) is 32.9 Å². The first kappa shape index (κ1) is 19.8. The zero-order valence-corrected chi connectivity index (χ0v) is 16.4. The molecule has 140 valence electrons. The molecule has 5 heteroatoms. The van der Waals surface area contributed by atoms with Crippen molar-refractivity contribution in [2.75, 3.05) is 13.2 Å². The molecule has 0 saturated carbocycles. The number of esters is 1. The monoisotopic (exact) mass is 357 g/mol. The van der Waals surface area contributed by atoms with E-state index in [9.17, 15) is 9.59 Å². The highest BCUT2D eigenvalue weighted by Crippen LogP contribution is 2.25. The average molecular weight is 357 g/mol. The summed E-state index contributed by atoms with van der Waals surface area (Å²) in [5.74, 6) is -0.129. The average Bonchev–Trinajstić information content (AvgIpc) is 2.86. The number of benzene rings is 1. The minimum Gasteiger partial charge on any atom is -0.485 e. The number of aromatic amines is 1. The van der Waals surface area contributed by atoms with Crippen molar-refractivity contribution in [3.05, 3.63) is 52.3 Å². The first-order valence-electron chi connectivity index (χ1n) is 8.78. The smallest absolute Gasteiger partial charge is 0.340 e. The Kier molecular flexibility index (Phi) is 5.90. The summed E-state index contributed by atoms with van der Waals surface area (Å²) in [4.78, 5) is 27.9. The molecule has 26 heavy (non-hydrogen) atoms. The van der Waals surface area contributed by atoms with Crippen LogP contribution in [0.2, 0.25) is 0 Å². The summed E-state index contributed by atoms with van der Waals surface area (Å²) in [6.07, 6.45) is 0. The molecule has 1 aromatic heterocycles. The molecule has 0 aliphatic heterocycles. The molecule has 1 N–H and O–H groups in total. The van der Waals surface area contributed by atoms with E-state index >= 15 is 0 Å². The third kappa shape index (κ3) is 4.34. The number of carbonyl (C=O) groups is 2. The van der Waals surface area contributed by atoms with Gasteiger partial charge >= 0.3 is 5.97 Å². The van der Waals surface area contributed by atoms with Gasteiger partial charge in [0.05, 0.1) is 17.7 Å². The quantitative estimate of drug-likeness (QED) is 0.616. The van der Waals surface area contributed by atoms with E-state index in [4.69, 9.17) is 9.47 Å². The van der Waals surface area contributed by atoms with Gasteiger partial charge in [0.25, 0.3) is 0 Å². The first-order valence-corrected chi connectivity index (χ1v) is 8.78. The number of H-pyrrole nitrogens is 1. The van der Waals surface area contributed by atoms with Gasteiger partial charge in [-0.15, -0.1) is 0 Å². The molecule has 0 unspecified atom stereocenters. The molecule has 0 fully saturated rings. The lowest BCUT2D eigenvalue weighted by Gasteiger charge is -2.19. The number of aromatic nitrogens is 1. The fraction of sp³-hybridized carbons (Fsp3) is 0.429. The SMILES string of the molecule is CCOC(=O)c1c(C)[nH]c(C)c1C(=O)COc1ccc(C(C)(C)C)cc1. The fourth-order valence-corrected chi connectivity index (χ4v) is 2.86. The van der Waals surface area contributed by atoms with E-state index < -0.39 is 5.97 Å². The number of hydrogen-bond donors (Lipinski definition) is 1. The van der Waals surface area contributed by atoms with Gasteiger partial charge in [-0.05, 0) is 43.9 Å². The molecular formula is C21H27NO4. The number of ether oxygens (including phenoxy) is 2. The summed E-state index contributed by atoms with van der Waals surface area (Å²) in [5, 5.41) is 0. The zero-order valence-electron chi connectivity index (χ0n) is 16.4. The van der Waals surface area contributed by atoms with Crippen LogP contribution in [-0.2, 0) is 10.2 Å². The van der Waals surface area contributed by atoms with E-state index in [1.165, 1.54) is 5.56 Å². The third-order valence-corrected chi connectivity index (χ3v) is 4.22. The minimum absolute atomic E-state index is 0.0582. The lowest BCUT2D eigenvalue weighted by atomic mass is 9.87. The topological polar surface area (TPSA) is 68.4 Å². The summed E-state index contributed by atoms with van der Waals surface area (Å²) < 4.78 is 10.7. The number of hydrogen-bond acceptors (Lipinski definition) is 4. The predicted octanol–water partition coefficient (Wildman–Crippen LogP) is 4.37. The van der Waals surface area contributed by atoms with Crippen LogP contribution in [0.5, 0.6) is 5.75 Å². The van der Waals surface area contributed by atoms with Crippen LogP contribution < -0.4 is 4.74 Å². The molecular weight excluding hydrogens is 330 g/mol. The molecule has 0 spiro atoms. The summed E-state index contributed by atoms with van der Waals surface area (Å²) in [5.41, 5.74) is 3.15. The van der Waals surface area contributed by atoms with Crippen molar-refractivity contribution in [3.8, 4) is 5.75 Å². The van der Waals surface area contributed by atoms with Gasteiger partial charge in [-0.2, -0.15) is 0 Å². The van der Waals surface area contributed by atoms with E-state index in [0.29, 0.717) is 28.3 Å². The molecule has 0 bridgehead atoms. The van der Waals surface area contributed by atoms with Crippen LogP contribution in [0, 0.1) is 13.8 Å². The van der Waals surface area contributed by atoms with Crippen molar-refractivity contribution in [2.24, 2.45) is 0 Å². The second-order valence-electron chi connectivity index (χ2n) is 7.33. The fourth-order valence-electron chi connectivity index (χ4n) is 2.86. The zero-order chi connectivity index (χ0) is 19.5. The number of ketones is 1. The highest BCUT2D eigenvalue weighted by molar-refractivity contribution is 6.08. The standard InChI is InChI=1S/C21H27NO4/c1-7-25-20(24)19-14(3)22-13(2)18(19)17(23)12-26-16-10-8-15(9-11-16)21(4,5)6/h8-11,22H,7,12H2,1-6H3. The first-order chi connectivity index (χ1) is 12.1. The Morgan fingerprint density at radius 3 is 2.12 bits per heavy atom. The molecule has 0 radical (unpaired) electrons. The second-order valence-corrected chi connectivity index (χ2v) is 7.33. The summed E-state index contributed by atoms with van der Waals surface area (Å²) in [6.45, 7) is 11.8. The number of nitrogens with one attached hydrogen (secondary N) is 1. The van der Waals surface area contributed by atoms with Crippen molar-refractivity contribution in [2.45, 2.75) is 47.0 Å². The van der Waals surface area contributed by atoms with Crippen LogP contribution in [0.4, 0.5) is 0 Å². The number of rotatable bonds is 6. The van der Waals surface area contributed by atoms with Gasteiger partial charge in [-0.3, -0.25) is 4.79 Å². The minimum atomic E-state index is -0.493. The maximum absolute atomic E-state index is 12.7. The van der Waals surface area contributed by atoms with Crippen LogP contribution >= 0.6 is 0 Å². The number of carbonyl (C=O) groups excluding carboxylic acids is 2. The molecule has 5 nitrogen and oxygen atoms in total. The third-order valence-electron chi connectivity index (χ3n) is 4.22. The van der Waals surface area contributed by atoms with Crippen LogP contribution in [0.3, 0.4) is 0 Å². The summed E-state index contributed by atoms with van der Waals surface area (Å²) in [6, 6.07) is 7.70. The van der Waals surface area contributed by atoms with Crippen LogP contribution in [0.1, 0.15) is 65.4 Å². The van der Waals surface area contributed by atoms with Gasteiger partial charge in [0.2, 0.25) is 5.78 Å². The van der Waals surface area contributed by atoms with Crippen molar-refractivity contribution in [1.29, 1.82) is 0 Å². The van der Waals surface area contributed by atoms with Gasteiger partial charge < -0.3 is 14.5 Å². The number of Topliss-reactive ketones (excluding diaryl/α,β-unsaturated/α-hetero) is 1. The normalized spacial score (nSPS) is 11.3. The van der Waals surface area contributed by atoms with Crippen LogP contribution in [0.25, 0.3) is 0 Å².